The zero-order valence-corrected chi connectivity index (χ0v) is 15.6. The Labute approximate surface area is 161 Å². The molecule has 0 radical (unpaired) electrons. The fourth-order valence-electron chi connectivity index (χ4n) is 2.98. The van der Waals surface area contributed by atoms with Crippen molar-refractivity contribution in [1.82, 2.24) is 9.80 Å². The van der Waals surface area contributed by atoms with Crippen molar-refractivity contribution in [3.8, 4) is 5.75 Å². The standard InChI is InChI=1S/C19H21N3O4S/c20-17(23)12-26-16-5-2-1-4-15(16)19(25)22-8-3-7-21(9-10-22)18(24)14-6-11-27-13-14/h1-2,4-6,11,13H,3,7-10,12H2,(H2,20,23). The number of nitrogens with zero attached hydrogens (tertiary/aromatic N) is 2. The smallest absolute Gasteiger partial charge is 0.257 e. The Morgan fingerprint density at radius 3 is 2.37 bits per heavy atom. The molecule has 142 valence electrons. The molecular weight excluding hydrogens is 366 g/mol. The third kappa shape index (κ3) is 4.65. The van der Waals surface area contributed by atoms with Crippen LogP contribution in [0.5, 0.6) is 5.75 Å². The van der Waals surface area contributed by atoms with Gasteiger partial charge in [-0.1, -0.05) is 12.1 Å². The lowest BCUT2D eigenvalue weighted by molar-refractivity contribution is -0.119. The summed E-state index contributed by atoms with van der Waals surface area (Å²) in [4.78, 5) is 39.9. The molecule has 0 aliphatic carbocycles. The number of carbonyl (C=O) groups excluding carboxylic acids is 3. The Kier molecular flexibility index (Phi) is 6.08. The maximum absolute atomic E-state index is 13.0. The second-order valence-electron chi connectivity index (χ2n) is 6.20. The molecule has 7 nitrogen and oxygen atoms in total. The van der Waals surface area contributed by atoms with Crippen molar-refractivity contribution in [2.75, 3.05) is 32.8 Å². The van der Waals surface area contributed by atoms with Crippen molar-refractivity contribution < 1.29 is 19.1 Å². The first-order valence-corrected chi connectivity index (χ1v) is 9.61. The molecule has 2 aromatic rings. The van der Waals surface area contributed by atoms with Crippen LogP contribution in [0.25, 0.3) is 0 Å². The highest BCUT2D eigenvalue weighted by atomic mass is 32.1. The highest BCUT2D eigenvalue weighted by Gasteiger charge is 2.25. The normalized spacial score (nSPS) is 14.5. The SMILES string of the molecule is NC(=O)COc1ccccc1C(=O)N1CCCN(C(=O)c2ccsc2)CC1. The van der Waals surface area contributed by atoms with E-state index < -0.39 is 5.91 Å². The summed E-state index contributed by atoms with van der Waals surface area (Å²) >= 11 is 1.49. The lowest BCUT2D eigenvalue weighted by Crippen LogP contribution is -2.37. The van der Waals surface area contributed by atoms with E-state index in [0.29, 0.717) is 49.5 Å². The third-order valence-electron chi connectivity index (χ3n) is 4.33. The van der Waals surface area contributed by atoms with Gasteiger partial charge in [0.25, 0.3) is 17.7 Å². The average Bonchev–Trinajstić information content (AvgIpc) is 3.10. The van der Waals surface area contributed by atoms with Gasteiger partial charge in [0.1, 0.15) is 5.75 Å². The largest absolute Gasteiger partial charge is 0.483 e. The van der Waals surface area contributed by atoms with Gasteiger partial charge in [-0.25, -0.2) is 0 Å². The molecule has 0 saturated carbocycles. The zero-order valence-electron chi connectivity index (χ0n) is 14.8. The van der Waals surface area contributed by atoms with E-state index in [1.54, 1.807) is 34.1 Å². The van der Waals surface area contributed by atoms with Gasteiger partial charge in [-0.3, -0.25) is 14.4 Å². The second kappa shape index (κ2) is 8.68. The van der Waals surface area contributed by atoms with E-state index in [-0.39, 0.29) is 18.4 Å². The van der Waals surface area contributed by atoms with Crippen molar-refractivity contribution in [3.05, 3.63) is 52.2 Å². The Bertz CT molecular complexity index is 822. The molecule has 0 atom stereocenters. The van der Waals surface area contributed by atoms with E-state index in [1.165, 1.54) is 11.3 Å². The number of thiophene rings is 1. The predicted octanol–water partition coefficient (Wildman–Crippen LogP) is 1.60. The Morgan fingerprint density at radius 2 is 1.70 bits per heavy atom. The summed E-state index contributed by atoms with van der Waals surface area (Å²) in [6.45, 7) is 1.80. The molecule has 8 heteroatoms. The molecule has 3 amide bonds. The zero-order chi connectivity index (χ0) is 19.2. The number of hydrogen-bond donors (Lipinski definition) is 1. The summed E-state index contributed by atoms with van der Waals surface area (Å²) in [5, 5.41) is 3.71. The maximum atomic E-state index is 13.0. The van der Waals surface area contributed by atoms with E-state index in [1.807, 2.05) is 16.8 Å². The van der Waals surface area contributed by atoms with Gasteiger partial charge in [-0.05, 0) is 30.0 Å². The van der Waals surface area contributed by atoms with Crippen molar-refractivity contribution in [2.45, 2.75) is 6.42 Å². The van der Waals surface area contributed by atoms with Crippen molar-refractivity contribution in [2.24, 2.45) is 5.73 Å². The van der Waals surface area contributed by atoms with Gasteiger partial charge in [0, 0.05) is 31.6 Å². The molecule has 27 heavy (non-hydrogen) atoms. The highest BCUT2D eigenvalue weighted by Crippen LogP contribution is 2.21. The van der Waals surface area contributed by atoms with Crippen LogP contribution < -0.4 is 10.5 Å². The van der Waals surface area contributed by atoms with Gasteiger partial charge in [0.2, 0.25) is 0 Å². The first kappa shape index (κ1) is 18.9. The van der Waals surface area contributed by atoms with Crippen molar-refractivity contribution in [3.63, 3.8) is 0 Å². The molecule has 1 aliphatic rings. The summed E-state index contributed by atoms with van der Waals surface area (Å²) in [6.07, 6.45) is 0.700. The second-order valence-corrected chi connectivity index (χ2v) is 6.98. The minimum Gasteiger partial charge on any atom is -0.483 e. The number of rotatable bonds is 5. The lowest BCUT2D eigenvalue weighted by atomic mass is 10.1. The monoisotopic (exact) mass is 387 g/mol. The first-order valence-electron chi connectivity index (χ1n) is 8.67. The van der Waals surface area contributed by atoms with Crippen LogP contribution in [-0.2, 0) is 4.79 Å². The Balaban J connectivity index is 1.68. The summed E-state index contributed by atoms with van der Waals surface area (Å²) in [5.74, 6) is -0.456. The molecule has 2 heterocycles. The van der Waals surface area contributed by atoms with Gasteiger partial charge in [0.05, 0.1) is 11.1 Å². The van der Waals surface area contributed by atoms with Gasteiger partial charge in [0.15, 0.2) is 6.61 Å². The molecule has 0 bridgehead atoms. The molecule has 1 aromatic heterocycles. The Hall–Kier alpha value is -2.87. The number of ether oxygens (including phenoxy) is 1. The van der Waals surface area contributed by atoms with Gasteiger partial charge < -0.3 is 20.3 Å². The van der Waals surface area contributed by atoms with Crippen LogP contribution in [0, 0.1) is 0 Å². The van der Waals surface area contributed by atoms with Crippen LogP contribution in [-0.4, -0.2) is 60.3 Å². The fraction of sp³-hybridized carbons (Fsp3) is 0.316. The van der Waals surface area contributed by atoms with Crippen LogP contribution in [0.4, 0.5) is 0 Å². The molecule has 1 saturated heterocycles. The number of nitrogens with two attached hydrogens (primary N) is 1. The van der Waals surface area contributed by atoms with E-state index in [2.05, 4.69) is 0 Å². The Morgan fingerprint density at radius 1 is 1.00 bits per heavy atom. The number of benzene rings is 1. The van der Waals surface area contributed by atoms with Crippen LogP contribution in [0.2, 0.25) is 0 Å². The minimum absolute atomic E-state index is 0.00394. The summed E-state index contributed by atoms with van der Waals surface area (Å²) in [5.41, 5.74) is 6.19. The van der Waals surface area contributed by atoms with Crippen LogP contribution in [0.1, 0.15) is 27.1 Å². The molecule has 1 fully saturated rings. The van der Waals surface area contributed by atoms with Crippen molar-refractivity contribution >= 4 is 29.1 Å². The van der Waals surface area contributed by atoms with E-state index in [9.17, 15) is 14.4 Å². The molecule has 2 N–H and O–H groups in total. The van der Waals surface area contributed by atoms with E-state index in [0.717, 1.165) is 0 Å². The summed E-state index contributed by atoms with van der Waals surface area (Å²) in [6, 6.07) is 8.59. The number of para-hydroxylation sites is 1. The molecular formula is C19H21N3O4S. The minimum atomic E-state index is -0.602. The predicted molar refractivity (Wildman–Crippen MR) is 102 cm³/mol. The summed E-state index contributed by atoms with van der Waals surface area (Å²) < 4.78 is 5.36. The van der Waals surface area contributed by atoms with Crippen molar-refractivity contribution in [1.29, 1.82) is 0 Å². The number of primary amides is 1. The topological polar surface area (TPSA) is 92.9 Å². The summed E-state index contributed by atoms with van der Waals surface area (Å²) in [7, 11) is 0. The number of hydrogen-bond acceptors (Lipinski definition) is 5. The van der Waals surface area contributed by atoms with Gasteiger partial charge in [-0.2, -0.15) is 11.3 Å². The van der Waals surface area contributed by atoms with Crippen LogP contribution in [0.15, 0.2) is 41.1 Å². The molecule has 1 aliphatic heterocycles. The van der Waals surface area contributed by atoms with E-state index >= 15 is 0 Å². The third-order valence-corrected chi connectivity index (χ3v) is 5.01. The van der Waals surface area contributed by atoms with E-state index in [4.69, 9.17) is 10.5 Å². The molecule has 3 rings (SSSR count). The quantitative estimate of drug-likeness (QED) is 0.843. The average molecular weight is 387 g/mol. The number of carbonyl (C=O) groups is 3. The van der Waals surface area contributed by atoms with Crippen LogP contribution in [0.3, 0.4) is 0 Å². The maximum Gasteiger partial charge on any atom is 0.257 e. The van der Waals surface area contributed by atoms with Gasteiger partial charge in [-0.15, -0.1) is 0 Å². The van der Waals surface area contributed by atoms with Crippen LogP contribution >= 0.6 is 11.3 Å². The fourth-order valence-corrected chi connectivity index (χ4v) is 3.61. The first-order chi connectivity index (χ1) is 13.1. The number of amides is 3. The highest BCUT2D eigenvalue weighted by molar-refractivity contribution is 7.08. The lowest BCUT2D eigenvalue weighted by Gasteiger charge is -2.23. The van der Waals surface area contributed by atoms with Gasteiger partial charge >= 0.3 is 0 Å². The molecule has 1 aromatic carbocycles. The molecule has 0 spiro atoms. The molecule has 0 unspecified atom stereocenters.